The molecule has 168 valence electrons. The van der Waals surface area contributed by atoms with Crippen LogP contribution in [0, 0.1) is 5.92 Å². The van der Waals surface area contributed by atoms with E-state index in [9.17, 15) is 19.2 Å². The summed E-state index contributed by atoms with van der Waals surface area (Å²) in [6.07, 6.45) is 2.56. The predicted molar refractivity (Wildman–Crippen MR) is 117 cm³/mol. The zero-order valence-corrected chi connectivity index (χ0v) is 18.6. The maximum atomic E-state index is 13.0. The van der Waals surface area contributed by atoms with Crippen molar-refractivity contribution in [3.63, 3.8) is 0 Å². The molecule has 3 N–H and O–H groups in total. The second-order valence-electron chi connectivity index (χ2n) is 8.97. The van der Waals surface area contributed by atoms with Crippen LogP contribution >= 0.6 is 12.4 Å². The summed E-state index contributed by atoms with van der Waals surface area (Å²) in [7, 11) is 0. The molecule has 0 bridgehead atoms. The molecular formula is C22H29ClN4O4. The first-order valence-corrected chi connectivity index (χ1v) is 10.6. The van der Waals surface area contributed by atoms with Crippen LogP contribution in [0.15, 0.2) is 18.2 Å². The number of carbonyl (C=O) groups is 4. The molecule has 4 amide bonds. The molecule has 3 aliphatic heterocycles. The highest BCUT2D eigenvalue weighted by molar-refractivity contribution is 6.06. The Balaban J connectivity index is 0.00000272. The summed E-state index contributed by atoms with van der Waals surface area (Å²) in [4.78, 5) is 50.9. The van der Waals surface area contributed by atoms with Crippen molar-refractivity contribution in [2.75, 3.05) is 13.1 Å². The average molecular weight is 449 g/mol. The maximum Gasteiger partial charge on any atom is 0.255 e. The number of benzene rings is 1. The zero-order chi connectivity index (χ0) is 21.5. The normalized spacial score (nSPS) is 21.9. The smallest absolute Gasteiger partial charge is 0.255 e. The summed E-state index contributed by atoms with van der Waals surface area (Å²) in [6.45, 7) is 6.30. The standard InChI is InChI=1S/C22H28N4O4.ClH/c1-22(2,15-7-9-23-10-8-15)25-19(28)13-3-4-14-12-26(21(30)16(14)11-13)17-5-6-18(27)24-20(17)29;/h3-4,11,15,17,23H,5-10,12H2,1-2H3,(H,25,28)(H,24,27,29);1H. The summed E-state index contributed by atoms with van der Waals surface area (Å²) in [5.41, 5.74) is 1.33. The molecule has 0 aliphatic carbocycles. The highest BCUT2D eigenvalue weighted by Gasteiger charge is 2.39. The van der Waals surface area contributed by atoms with Crippen LogP contribution in [-0.4, -0.2) is 53.2 Å². The lowest BCUT2D eigenvalue weighted by atomic mass is 9.80. The van der Waals surface area contributed by atoms with Gasteiger partial charge in [-0.15, -0.1) is 12.4 Å². The number of carbonyl (C=O) groups excluding carboxylic acids is 4. The molecule has 0 aromatic heterocycles. The fourth-order valence-corrected chi connectivity index (χ4v) is 4.71. The molecule has 3 heterocycles. The van der Waals surface area contributed by atoms with Crippen LogP contribution in [0.25, 0.3) is 0 Å². The van der Waals surface area contributed by atoms with Gasteiger partial charge in [-0.1, -0.05) is 6.07 Å². The largest absolute Gasteiger partial charge is 0.347 e. The Morgan fingerprint density at radius 2 is 1.84 bits per heavy atom. The molecule has 1 atom stereocenters. The van der Waals surface area contributed by atoms with E-state index >= 15 is 0 Å². The van der Waals surface area contributed by atoms with Gasteiger partial charge in [-0.3, -0.25) is 24.5 Å². The summed E-state index contributed by atoms with van der Waals surface area (Å²) < 4.78 is 0. The molecule has 1 unspecified atom stereocenters. The molecule has 0 radical (unpaired) electrons. The Kier molecular flexibility index (Phi) is 6.71. The predicted octanol–water partition coefficient (Wildman–Crippen LogP) is 1.38. The van der Waals surface area contributed by atoms with E-state index in [1.165, 1.54) is 4.90 Å². The second-order valence-corrected chi connectivity index (χ2v) is 8.97. The van der Waals surface area contributed by atoms with Gasteiger partial charge in [0.1, 0.15) is 6.04 Å². The van der Waals surface area contributed by atoms with E-state index in [1.54, 1.807) is 18.2 Å². The third kappa shape index (κ3) is 4.60. The van der Waals surface area contributed by atoms with Crippen LogP contribution in [0.5, 0.6) is 0 Å². The number of amides is 4. The van der Waals surface area contributed by atoms with Crippen molar-refractivity contribution >= 4 is 36.0 Å². The number of nitrogens with one attached hydrogen (secondary N) is 3. The Hall–Kier alpha value is -2.45. The molecule has 9 heteroatoms. The molecule has 1 aromatic carbocycles. The van der Waals surface area contributed by atoms with Gasteiger partial charge in [0, 0.05) is 29.6 Å². The first-order chi connectivity index (χ1) is 14.3. The number of piperidine rings is 2. The van der Waals surface area contributed by atoms with Crippen LogP contribution in [0.4, 0.5) is 0 Å². The van der Waals surface area contributed by atoms with E-state index in [0.717, 1.165) is 31.5 Å². The summed E-state index contributed by atoms with van der Waals surface area (Å²) in [6, 6.07) is 4.48. The highest BCUT2D eigenvalue weighted by Crippen LogP contribution is 2.29. The van der Waals surface area contributed by atoms with Gasteiger partial charge in [0.2, 0.25) is 11.8 Å². The number of hydrogen-bond donors (Lipinski definition) is 3. The monoisotopic (exact) mass is 448 g/mol. The molecule has 0 spiro atoms. The molecule has 2 fully saturated rings. The topological polar surface area (TPSA) is 108 Å². The van der Waals surface area contributed by atoms with Gasteiger partial charge in [0.15, 0.2) is 0 Å². The van der Waals surface area contributed by atoms with Crippen molar-refractivity contribution in [3.8, 4) is 0 Å². The van der Waals surface area contributed by atoms with Crippen molar-refractivity contribution in [2.45, 2.75) is 57.7 Å². The van der Waals surface area contributed by atoms with Crippen molar-refractivity contribution in [1.82, 2.24) is 20.9 Å². The molecule has 1 aromatic rings. The number of fused-ring (bicyclic) bond motifs is 1. The van der Waals surface area contributed by atoms with Crippen LogP contribution in [0.2, 0.25) is 0 Å². The minimum atomic E-state index is -0.654. The third-order valence-corrected chi connectivity index (χ3v) is 6.59. The number of nitrogens with zero attached hydrogens (tertiary/aromatic N) is 1. The first kappa shape index (κ1) is 23.2. The van der Waals surface area contributed by atoms with Crippen molar-refractivity contribution < 1.29 is 19.2 Å². The Bertz CT molecular complexity index is 911. The number of halogens is 1. The fraction of sp³-hybridized carbons (Fsp3) is 0.545. The zero-order valence-electron chi connectivity index (χ0n) is 17.8. The highest BCUT2D eigenvalue weighted by atomic mass is 35.5. The number of imide groups is 1. The van der Waals surface area contributed by atoms with Gasteiger partial charge in [-0.05, 0) is 69.8 Å². The summed E-state index contributed by atoms with van der Waals surface area (Å²) in [5, 5.41) is 8.78. The van der Waals surface area contributed by atoms with E-state index in [1.807, 2.05) is 13.8 Å². The first-order valence-electron chi connectivity index (χ1n) is 10.6. The summed E-state index contributed by atoms with van der Waals surface area (Å²) >= 11 is 0. The molecule has 2 saturated heterocycles. The molecule has 3 aliphatic rings. The van der Waals surface area contributed by atoms with Crippen molar-refractivity contribution in [1.29, 1.82) is 0 Å². The Morgan fingerprint density at radius 3 is 2.52 bits per heavy atom. The minimum Gasteiger partial charge on any atom is -0.347 e. The van der Waals surface area contributed by atoms with Crippen LogP contribution in [0.3, 0.4) is 0 Å². The fourth-order valence-electron chi connectivity index (χ4n) is 4.71. The quantitative estimate of drug-likeness (QED) is 0.603. The van der Waals surface area contributed by atoms with Crippen LogP contribution in [0.1, 0.15) is 65.8 Å². The van der Waals surface area contributed by atoms with Crippen LogP contribution in [-0.2, 0) is 16.1 Å². The van der Waals surface area contributed by atoms with Gasteiger partial charge >= 0.3 is 0 Å². The van der Waals surface area contributed by atoms with Gasteiger partial charge in [0.05, 0.1) is 0 Å². The lowest BCUT2D eigenvalue weighted by Gasteiger charge is -2.38. The molecular weight excluding hydrogens is 420 g/mol. The lowest BCUT2D eigenvalue weighted by molar-refractivity contribution is -0.136. The van der Waals surface area contributed by atoms with Gasteiger partial charge in [-0.25, -0.2) is 0 Å². The third-order valence-electron chi connectivity index (χ3n) is 6.59. The number of rotatable bonds is 4. The average Bonchev–Trinajstić information content (AvgIpc) is 3.04. The van der Waals surface area contributed by atoms with E-state index in [-0.39, 0.29) is 42.1 Å². The van der Waals surface area contributed by atoms with Crippen molar-refractivity contribution in [2.24, 2.45) is 5.92 Å². The molecule has 31 heavy (non-hydrogen) atoms. The Labute approximate surface area is 187 Å². The Morgan fingerprint density at radius 1 is 1.13 bits per heavy atom. The molecule has 4 rings (SSSR count). The second kappa shape index (κ2) is 8.96. The van der Waals surface area contributed by atoms with Crippen LogP contribution < -0.4 is 16.0 Å². The SMILES string of the molecule is CC(C)(NC(=O)c1ccc2c(c1)C(=O)N(C1CCC(=O)NC1=O)C2)C1CCNCC1.Cl. The maximum absolute atomic E-state index is 13.0. The van der Waals surface area contributed by atoms with Crippen molar-refractivity contribution in [3.05, 3.63) is 34.9 Å². The van der Waals surface area contributed by atoms with E-state index in [0.29, 0.717) is 30.0 Å². The van der Waals surface area contributed by atoms with Gasteiger partial charge < -0.3 is 15.5 Å². The molecule has 0 saturated carbocycles. The minimum absolute atomic E-state index is 0. The van der Waals surface area contributed by atoms with Gasteiger partial charge in [-0.2, -0.15) is 0 Å². The molecule has 8 nitrogen and oxygen atoms in total. The van der Waals surface area contributed by atoms with E-state index < -0.39 is 11.9 Å². The number of hydrogen-bond acceptors (Lipinski definition) is 5. The summed E-state index contributed by atoms with van der Waals surface area (Å²) in [5.74, 6) is -0.827. The van der Waals surface area contributed by atoms with E-state index in [2.05, 4.69) is 16.0 Å². The van der Waals surface area contributed by atoms with Gasteiger partial charge in [0.25, 0.3) is 11.8 Å². The van der Waals surface area contributed by atoms with E-state index in [4.69, 9.17) is 0 Å². The lowest BCUT2D eigenvalue weighted by Crippen LogP contribution is -2.52.